The van der Waals surface area contributed by atoms with Crippen molar-refractivity contribution in [3.8, 4) is 0 Å². The van der Waals surface area contributed by atoms with Gasteiger partial charge in [-0.05, 0) is 6.92 Å². The smallest absolute Gasteiger partial charge is 0.326 e. The van der Waals surface area contributed by atoms with Gasteiger partial charge >= 0.3 is 5.97 Å². The molecular weight excluding hydrogens is 204 g/mol. The fraction of sp³-hybridized carbons (Fsp3) is 0.375. The Bertz CT molecular complexity index is 336. The summed E-state index contributed by atoms with van der Waals surface area (Å²) in [5.41, 5.74) is 1.53. The molecule has 0 spiro atoms. The van der Waals surface area contributed by atoms with E-state index in [1.807, 2.05) is 0 Å². The van der Waals surface area contributed by atoms with Crippen LogP contribution in [0.3, 0.4) is 0 Å². The molecule has 0 saturated carbocycles. The fourth-order valence-corrected chi connectivity index (χ4v) is 1.44. The van der Waals surface area contributed by atoms with Gasteiger partial charge in [0.1, 0.15) is 10.9 Å². The van der Waals surface area contributed by atoms with Crippen molar-refractivity contribution in [3.63, 3.8) is 0 Å². The first kappa shape index (κ1) is 10.6. The number of aromatic nitrogens is 1. The lowest BCUT2D eigenvalue weighted by atomic mass is 10.3. The molecule has 76 valence electrons. The average Bonchev–Trinajstić information content (AvgIpc) is 2.67. The number of aliphatic carboxylic acids is 1. The number of carboxylic acid groups (broad SMARTS) is 1. The quantitative estimate of drug-likeness (QED) is 0.803. The molecule has 1 unspecified atom stereocenters. The Hall–Kier alpha value is -1.43. The number of amides is 1. The molecule has 14 heavy (non-hydrogen) atoms. The Labute approximate surface area is 85.0 Å². The van der Waals surface area contributed by atoms with Gasteiger partial charge in [0.2, 0.25) is 0 Å². The normalized spacial score (nSPS) is 12.1. The van der Waals surface area contributed by atoms with Crippen molar-refractivity contribution in [3.05, 3.63) is 16.6 Å². The summed E-state index contributed by atoms with van der Waals surface area (Å²) in [4.78, 5) is 27.6. The van der Waals surface area contributed by atoms with Crippen molar-refractivity contribution in [1.29, 1.82) is 0 Å². The minimum atomic E-state index is -1.02. The molecule has 1 aromatic rings. The van der Waals surface area contributed by atoms with Crippen LogP contribution >= 0.6 is 11.3 Å². The van der Waals surface area contributed by atoms with Crippen molar-refractivity contribution in [2.24, 2.45) is 0 Å². The predicted molar refractivity (Wildman–Crippen MR) is 51.3 cm³/mol. The van der Waals surface area contributed by atoms with E-state index in [-0.39, 0.29) is 5.91 Å². The second kappa shape index (κ2) is 4.19. The lowest BCUT2D eigenvalue weighted by Crippen LogP contribution is -2.39. The lowest BCUT2D eigenvalue weighted by Gasteiger charge is -2.20. The highest BCUT2D eigenvalue weighted by atomic mass is 32.1. The SMILES string of the molecule is CC(C(=O)O)N(C)C(=O)c1cncs1. The van der Waals surface area contributed by atoms with Crippen LogP contribution in [0.15, 0.2) is 11.7 Å². The molecule has 1 rings (SSSR count). The molecule has 1 atom stereocenters. The second-order valence-corrected chi connectivity index (χ2v) is 3.68. The number of nitrogens with zero attached hydrogens (tertiary/aromatic N) is 2. The molecule has 1 N–H and O–H groups in total. The highest BCUT2D eigenvalue weighted by Gasteiger charge is 2.23. The molecule has 0 aliphatic heterocycles. The van der Waals surface area contributed by atoms with Gasteiger partial charge in [0.15, 0.2) is 0 Å². The number of carbonyl (C=O) groups excluding carboxylic acids is 1. The van der Waals surface area contributed by atoms with E-state index < -0.39 is 12.0 Å². The second-order valence-electron chi connectivity index (χ2n) is 2.80. The van der Waals surface area contributed by atoms with Crippen LogP contribution < -0.4 is 0 Å². The van der Waals surface area contributed by atoms with Crippen LogP contribution in [0, 0.1) is 0 Å². The van der Waals surface area contributed by atoms with Crippen LogP contribution in [0.1, 0.15) is 16.6 Å². The van der Waals surface area contributed by atoms with E-state index >= 15 is 0 Å². The van der Waals surface area contributed by atoms with Crippen molar-refractivity contribution in [1.82, 2.24) is 9.88 Å². The Morgan fingerprint density at radius 3 is 2.71 bits per heavy atom. The Kier molecular flexibility index (Phi) is 3.19. The summed E-state index contributed by atoms with van der Waals surface area (Å²) in [6.07, 6.45) is 1.43. The summed E-state index contributed by atoms with van der Waals surface area (Å²) in [6.45, 7) is 1.46. The Morgan fingerprint density at radius 2 is 2.29 bits per heavy atom. The third kappa shape index (κ3) is 2.08. The number of rotatable bonds is 3. The third-order valence-corrected chi connectivity index (χ3v) is 2.66. The number of carbonyl (C=O) groups is 2. The summed E-state index contributed by atoms with van der Waals surface area (Å²) in [5, 5.41) is 8.69. The first-order valence-corrected chi connectivity index (χ1v) is 4.80. The maximum atomic E-state index is 11.6. The molecule has 1 amide bonds. The maximum absolute atomic E-state index is 11.6. The topological polar surface area (TPSA) is 70.5 Å². The number of hydrogen-bond donors (Lipinski definition) is 1. The molecular formula is C8H10N2O3S. The number of carboxylic acids is 1. The fourth-order valence-electron chi connectivity index (χ4n) is 0.837. The lowest BCUT2D eigenvalue weighted by molar-refractivity contribution is -0.141. The van der Waals surface area contributed by atoms with Gasteiger partial charge in [0.05, 0.1) is 11.7 Å². The summed E-state index contributed by atoms with van der Waals surface area (Å²) in [6, 6.07) is -0.829. The van der Waals surface area contributed by atoms with E-state index in [2.05, 4.69) is 4.98 Å². The average molecular weight is 214 g/mol. The molecule has 0 aliphatic carbocycles. The molecule has 6 heteroatoms. The van der Waals surface area contributed by atoms with Gasteiger partial charge in [0.25, 0.3) is 5.91 Å². The zero-order chi connectivity index (χ0) is 10.7. The van der Waals surface area contributed by atoms with Gasteiger partial charge in [0, 0.05) is 7.05 Å². The summed E-state index contributed by atoms with van der Waals surface area (Å²) >= 11 is 1.19. The minimum absolute atomic E-state index is 0.317. The molecule has 0 radical (unpaired) electrons. The van der Waals surface area contributed by atoms with E-state index in [1.54, 1.807) is 0 Å². The number of hydrogen-bond acceptors (Lipinski definition) is 4. The monoisotopic (exact) mass is 214 g/mol. The van der Waals surface area contributed by atoms with Gasteiger partial charge in [-0.1, -0.05) is 0 Å². The maximum Gasteiger partial charge on any atom is 0.326 e. The van der Waals surface area contributed by atoms with Crippen molar-refractivity contribution in [2.75, 3.05) is 7.05 Å². The zero-order valence-electron chi connectivity index (χ0n) is 7.80. The van der Waals surface area contributed by atoms with E-state index in [0.717, 1.165) is 0 Å². The molecule has 1 aromatic heterocycles. The highest BCUT2D eigenvalue weighted by Crippen LogP contribution is 2.10. The van der Waals surface area contributed by atoms with Gasteiger partial charge in [-0.2, -0.15) is 0 Å². The van der Waals surface area contributed by atoms with Crippen LogP contribution in [0.5, 0.6) is 0 Å². The molecule has 0 aliphatic rings. The molecule has 0 fully saturated rings. The van der Waals surface area contributed by atoms with Crippen molar-refractivity contribution < 1.29 is 14.7 Å². The molecule has 1 heterocycles. The van der Waals surface area contributed by atoms with Crippen LogP contribution in [-0.2, 0) is 4.79 Å². The van der Waals surface area contributed by atoms with E-state index in [0.29, 0.717) is 4.88 Å². The Balaban J connectivity index is 2.76. The largest absolute Gasteiger partial charge is 0.480 e. The standard InChI is InChI=1S/C8H10N2O3S/c1-5(8(12)13)10(2)7(11)6-3-9-4-14-6/h3-5H,1-2H3,(H,12,13). The van der Waals surface area contributed by atoms with Crippen molar-refractivity contribution in [2.45, 2.75) is 13.0 Å². The molecule has 5 nitrogen and oxygen atoms in total. The molecule has 0 bridgehead atoms. The van der Waals surface area contributed by atoms with Crippen LogP contribution in [0.2, 0.25) is 0 Å². The van der Waals surface area contributed by atoms with Gasteiger partial charge in [-0.25, -0.2) is 4.79 Å². The zero-order valence-corrected chi connectivity index (χ0v) is 8.61. The number of thiazole rings is 1. The van der Waals surface area contributed by atoms with Gasteiger partial charge < -0.3 is 10.0 Å². The minimum Gasteiger partial charge on any atom is -0.480 e. The Morgan fingerprint density at radius 1 is 1.64 bits per heavy atom. The number of likely N-dealkylation sites (N-methyl/N-ethyl adjacent to an activating group) is 1. The summed E-state index contributed by atoms with van der Waals surface area (Å²) in [7, 11) is 1.46. The van der Waals surface area contributed by atoms with Crippen LogP contribution in [0.4, 0.5) is 0 Å². The van der Waals surface area contributed by atoms with Gasteiger partial charge in [-0.15, -0.1) is 11.3 Å². The summed E-state index contributed by atoms with van der Waals surface area (Å²) in [5.74, 6) is -1.34. The van der Waals surface area contributed by atoms with E-state index in [4.69, 9.17) is 5.11 Å². The first-order valence-electron chi connectivity index (χ1n) is 3.92. The molecule has 0 aromatic carbocycles. The first-order chi connectivity index (χ1) is 6.54. The third-order valence-electron chi connectivity index (χ3n) is 1.90. The molecule has 0 saturated heterocycles. The predicted octanol–water partition coefficient (Wildman–Crippen LogP) is 0.688. The van der Waals surface area contributed by atoms with Crippen LogP contribution in [0.25, 0.3) is 0 Å². The van der Waals surface area contributed by atoms with Gasteiger partial charge in [-0.3, -0.25) is 9.78 Å². The van der Waals surface area contributed by atoms with E-state index in [1.165, 1.54) is 41.9 Å². The van der Waals surface area contributed by atoms with Crippen molar-refractivity contribution >= 4 is 23.2 Å². The van der Waals surface area contributed by atoms with Crippen LogP contribution in [-0.4, -0.2) is 40.0 Å². The highest BCUT2D eigenvalue weighted by molar-refractivity contribution is 7.11. The van der Waals surface area contributed by atoms with E-state index in [9.17, 15) is 9.59 Å². The summed E-state index contributed by atoms with van der Waals surface area (Å²) < 4.78 is 0.